The summed E-state index contributed by atoms with van der Waals surface area (Å²) in [6.45, 7) is 6.33. The maximum atomic E-state index is 11.7. The van der Waals surface area contributed by atoms with Gasteiger partial charge in [0.25, 0.3) is 0 Å². The summed E-state index contributed by atoms with van der Waals surface area (Å²) < 4.78 is 0. The first-order chi connectivity index (χ1) is 8.89. The summed E-state index contributed by atoms with van der Waals surface area (Å²) in [5.41, 5.74) is 0.0583. The number of aliphatic hydroxyl groups is 1. The van der Waals surface area contributed by atoms with E-state index < -0.39 is 5.60 Å². The van der Waals surface area contributed by atoms with Gasteiger partial charge < -0.3 is 15.7 Å². The molecule has 19 heavy (non-hydrogen) atoms. The van der Waals surface area contributed by atoms with E-state index in [-0.39, 0.29) is 19.0 Å². The number of hydrogen-bond donors (Lipinski definition) is 3. The molecular formula is C15H24N2O2. The van der Waals surface area contributed by atoms with Gasteiger partial charge in [-0.1, -0.05) is 32.0 Å². The average Bonchev–Trinajstić information content (AvgIpc) is 2.34. The lowest BCUT2D eigenvalue weighted by Crippen LogP contribution is -2.43. The van der Waals surface area contributed by atoms with Gasteiger partial charge in [0.05, 0.1) is 12.1 Å². The van der Waals surface area contributed by atoms with E-state index in [9.17, 15) is 9.90 Å². The summed E-state index contributed by atoms with van der Waals surface area (Å²) in [5, 5.41) is 15.9. The van der Waals surface area contributed by atoms with Crippen LogP contribution in [0.1, 0.15) is 27.2 Å². The molecule has 0 spiro atoms. The van der Waals surface area contributed by atoms with Crippen LogP contribution in [0.4, 0.5) is 5.69 Å². The average molecular weight is 264 g/mol. The molecule has 0 aliphatic rings. The molecule has 1 amide bonds. The fraction of sp³-hybridized carbons (Fsp3) is 0.533. The van der Waals surface area contributed by atoms with Crippen molar-refractivity contribution in [2.75, 3.05) is 18.4 Å². The minimum atomic E-state index is -0.851. The molecule has 0 aromatic heterocycles. The second-order valence-corrected chi connectivity index (χ2v) is 5.59. The molecule has 0 bridgehead atoms. The molecule has 1 aromatic carbocycles. The van der Waals surface area contributed by atoms with E-state index in [0.717, 1.165) is 5.69 Å². The van der Waals surface area contributed by atoms with Crippen molar-refractivity contribution in [1.29, 1.82) is 0 Å². The Balaban J connectivity index is 2.28. The minimum absolute atomic E-state index is 0.118. The molecule has 0 saturated heterocycles. The summed E-state index contributed by atoms with van der Waals surface area (Å²) in [4.78, 5) is 11.7. The normalized spacial score (nSPS) is 13.9. The smallest absolute Gasteiger partial charge is 0.239 e. The van der Waals surface area contributed by atoms with E-state index in [1.54, 1.807) is 6.92 Å². The van der Waals surface area contributed by atoms with Crippen LogP contribution in [0.3, 0.4) is 0 Å². The van der Waals surface area contributed by atoms with Crippen LogP contribution in [0.2, 0.25) is 0 Å². The number of benzene rings is 1. The minimum Gasteiger partial charge on any atom is -0.388 e. The molecule has 1 rings (SSSR count). The summed E-state index contributed by atoms with van der Waals surface area (Å²) in [6.07, 6.45) is 0.666. The molecule has 106 valence electrons. The maximum absolute atomic E-state index is 11.7. The van der Waals surface area contributed by atoms with Crippen molar-refractivity contribution < 1.29 is 9.90 Å². The van der Waals surface area contributed by atoms with E-state index in [2.05, 4.69) is 10.6 Å². The quantitative estimate of drug-likeness (QED) is 0.706. The predicted octanol–water partition coefficient (Wildman–Crippen LogP) is 2.01. The summed E-state index contributed by atoms with van der Waals surface area (Å²) >= 11 is 0. The first-order valence-electron chi connectivity index (χ1n) is 6.67. The third-order valence-electron chi connectivity index (χ3n) is 2.74. The number of amides is 1. The second kappa shape index (κ2) is 7.14. The first-order valence-corrected chi connectivity index (χ1v) is 6.67. The van der Waals surface area contributed by atoms with Gasteiger partial charge in [0, 0.05) is 12.2 Å². The molecule has 4 nitrogen and oxygen atoms in total. The SMILES string of the molecule is CC(C)CC(C)(O)CNC(=O)CNc1ccccc1. The van der Waals surface area contributed by atoms with Gasteiger partial charge in [-0.05, 0) is 31.4 Å². The predicted molar refractivity (Wildman–Crippen MR) is 78.0 cm³/mol. The molecule has 4 heteroatoms. The molecule has 3 N–H and O–H groups in total. The Labute approximate surface area is 115 Å². The highest BCUT2D eigenvalue weighted by atomic mass is 16.3. The summed E-state index contributed by atoms with van der Waals surface area (Å²) in [5.74, 6) is 0.280. The Kier molecular flexibility index (Phi) is 5.83. The lowest BCUT2D eigenvalue weighted by Gasteiger charge is -2.25. The van der Waals surface area contributed by atoms with E-state index in [1.165, 1.54) is 0 Å². The fourth-order valence-electron chi connectivity index (χ4n) is 2.04. The fourth-order valence-corrected chi connectivity index (χ4v) is 2.04. The molecule has 1 unspecified atom stereocenters. The van der Waals surface area contributed by atoms with Crippen molar-refractivity contribution in [1.82, 2.24) is 5.32 Å². The topological polar surface area (TPSA) is 61.4 Å². The summed E-state index contributed by atoms with van der Waals surface area (Å²) in [6, 6.07) is 9.56. The first kappa shape index (κ1) is 15.5. The Morgan fingerprint density at radius 2 is 1.95 bits per heavy atom. The van der Waals surface area contributed by atoms with Crippen molar-refractivity contribution in [3.05, 3.63) is 30.3 Å². The molecule has 0 fully saturated rings. The molecular weight excluding hydrogens is 240 g/mol. The molecule has 1 atom stereocenters. The molecule has 1 aromatic rings. The van der Waals surface area contributed by atoms with Crippen LogP contribution in [0.5, 0.6) is 0 Å². The van der Waals surface area contributed by atoms with Gasteiger partial charge in [0.15, 0.2) is 0 Å². The highest BCUT2D eigenvalue weighted by molar-refractivity contribution is 5.80. The third-order valence-corrected chi connectivity index (χ3v) is 2.74. The zero-order valence-corrected chi connectivity index (χ0v) is 11.9. The Morgan fingerprint density at radius 1 is 1.32 bits per heavy atom. The number of carbonyl (C=O) groups is 1. The third kappa shape index (κ3) is 6.82. The maximum Gasteiger partial charge on any atom is 0.239 e. The highest BCUT2D eigenvalue weighted by Gasteiger charge is 2.22. The van der Waals surface area contributed by atoms with Gasteiger partial charge in [-0.2, -0.15) is 0 Å². The van der Waals surface area contributed by atoms with Gasteiger partial charge >= 0.3 is 0 Å². The number of hydrogen-bond acceptors (Lipinski definition) is 3. The van der Waals surface area contributed by atoms with Crippen LogP contribution in [0, 0.1) is 5.92 Å². The molecule has 0 heterocycles. The van der Waals surface area contributed by atoms with Crippen LogP contribution < -0.4 is 10.6 Å². The van der Waals surface area contributed by atoms with Gasteiger partial charge in [-0.15, -0.1) is 0 Å². The molecule has 0 saturated carbocycles. The van der Waals surface area contributed by atoms with Gasteiger partial charge in [0.2, 0.25) is 5.91 Å². The van der Waals surface area contributed by atoms with Gasteiger partial charge in [0.1, 0.15) is 0 Å². The van der Waals surface area contributed by atoms with Crippen LogP contribution in [0.15, 0.2) is 30.3 Å². The Hall–Kier alpha value is -1.55. The Bertz CT molecular complexity index is 388. The molecule has 0 aliphatic heterocycles. The molecule has 0 aliphatic carbocycles. The van der Waals surface area contributed by atoms with Crippen LogP contribution in [-0.4, -0.2) is 29.7 Å². The largest absolute Gasteiger partial charge is 0.388 e. The van der Waals surface area contributed by atoms with Gasteiger partial charge in [-0.25, -0.2) is 0 Å². The lowest BCUT2D eigenvalue weighted by molar-refractivity contribution is -0.120. The van der Waals surface area contributed by atoms with E-state index >= 15 is 0 Å². The van der Waals surface area contributed by atoms with Crippen LogP contribution >= 0.6 is 0 Å². The van der Waals surface area contributed by atoms with Crippen molar-refractivity contribution in [2.24, 2.45) is 5.92 Å². The van der Waals surface area contributed by atoms with Crippen LogP contribution in [-0.2, 0) is 4.79 Å². The zero-order valence-electron chi connectivity index (χ0n) is 11.9. The monoisotopic (exact) mass is 264 g/mol. The number of anilines is 1. The lowest BCUT2D eigenvalue weighted by atomic mass is 9.94. The second-order valence-electron chi connectivity index (χ2n) is 5.59. The number of rotatable bonds is 7. The zero-order chi connectivity index (χ0) is 14.3. The standard InChI is InChI=1S/C15H24N2O2/c1-12(2)9-15(3,19)11-17-14(18)10-16-13-7-5-4-6-8-13/h4-8,12,16,19H,9-11H2,1-3H3,(H,17,18). The summed E-state index contributed by atoms with van der Waals surface area (Å²) in [7, 11) is 0. The van der Waals surface area contributed by atoms with Crippen molar-refractivity contribution in [3.8, 4) is 0 Å². The Morgan fingerprint density at radius 3 is 2.53 bits per heavy atom. The van der Waals surface area contributed by atoms with Crippen LogP contribution in [0.25, 0.3) is 0 Å². The van der Waals surface area contributed by atoms with E-state index in [0.29, 0.717) is 12.3 Å². The highest BCUT2D eigenvalue weighted by Crippen LogP contribution is 2.14. The van der Waals surface area contributed by atoms with Gasteiger partial charge in [-0.3, -0.25) is 4.79 Å². The van der Waals surface area contributed by atoms with E-state index in [4.69, 9.17) is 0 Å². The number of carbonyl (C=O) groups excluding carboxylic acids is 1. The van der Waals surface area contributed by atoms with Crippen molar-refractivity contribution >= 4 is 11.6 Å². The number of nitrogens with one attached hydrogen (secondary N) is 2. The van der Waals surface area contributed by atoms with Crippen molar-refractivity contribution in [3.63, 3.8) is 0 Å². The number of para-hydroxylation sites is 1. The van der Waals surface area contributed by atoms with E-state index in [1.807, 2.05) is 44.2 Å². The molecule has 0 radical (unpaired) electrons. The van der Waals surface area contributed by atoms with Crippen molar-refractivity contribution in [2.45, 2.75) is 32.8 Å².